The summed E-state index contributed by atoms with van der Waals surface area (Å²) in [7, 11) is 1.84. The number of fused-ring (bicyclic) bond motifs is 1. The van der Waals surface area contributed by atoms with Crippen molar-refractivity contribution >= 4 is 11.7 Å². The van der Waals surface area contributed by atoms with E-state index in [0.29, 0.717) is 19.7 Å². The van der Waals surface area contributed by atoms with E-state index in [-0.39, 0.29) is 12.0 Å². The standard InChI is InChI=1S/C20H25N3O3/c1-13-19(14-6-3-4-8-16(14)26-13)20(24)23-10-11-25-17(12-23)15-7-5-9-18(21-2)22-15/h5,7,9,17H,3-4,6,8,10-12H2,1-2H3,(H,21,22)/t17-/m1/s1. The van der Waals surface area contributed by atoms with Gasteiger partial charge in [0.1, 0.15) is 23.4 Å². The zero-order chi connectivity index (χ0) is 18.1. The van der Waals surface area contributed by atoms with Crippen LogP contribution in [-0.4, -0.2) is 42.5 Å². The molecule has 1 atom stereocenters. The molecule has 1 aliphatic carbocycles. The molecule has 4 rings (SSSR count). The quantitative estimate of drug-likeness (QED) is 0.916. The van der Waals surface area contributed by atoms with Gasteiger partial charge in [0, 0.05) is 25.6 Å². The number of aromatic nitrogens is 1. The Balaban J connectivity index is 1.56. The molecule has 6 heteroatoms. The number of nitrogens with zero attached hydrogens (tertiary/aromatic N) is 2. The second-order valence-electron chi connectivity index (χ2n) is 6.95. The highest BCUT2D eigenvalue weighted by Crippen LogP contribution is 2.31. The number of hydrogen-bond acceptors (Lipinski definition) is 5. The molecule has 2 aliphatic rings. The van der Waals surface area contributed by atoms with Crippen LogP contribution < -0.4 is 5.32 Å². The largest absolute Gasteiger partial charge is 0.465 e. The summed E-state index contributed by atoms with van der Waals surface area (Å²) < 4.78 is 11.8. The molecule has 2 aromatic heterocycles. The first kappa shape index (κ1) is 17.1. The fourth-order valence-electron chi connectivity index (χ4n) is 3.92. The van der Waals surface area contributed by atoms with Crippen molar-refractivity contribution in [3.05, 3.63) is 46.5 Å². The third-order valence-electron chi connectivity index (χ3n) is 5.27. The predicted octanol–water partition coefficient (Wildman–Crippen LogP) is 3.12. The van der Waals surface area contributed by atoms with Crippen molar-refractivity contribution in [1.82, 2.24) is 9.88 Å². The van der Waals surface area contributed by atoms with E-state index < -0.39 is 0 Å². The van der Waals surface area contributed by atoms with Crippen molar-refractivity contribution < 1.29 is 13.9 Å². The number of furan rings is 1. The van der Waals surface area contributed by atoms with Gasteiger partial charge in [-0.3, -0.25) is 4.79 Å². The van der Waals surface area contributed by atoms with E-state index in [1.165, 1.54) is 0 Å². The molecule has 26 heavy (non-hydrogen) atoms. The van der Waals surface area contributed by atoms with E-state index in [1.54, 1.807) is 0 Å². The Morgan fingerprint density at radius 2 is 2.15 bits per heavy atom. The molecule has 2 aromatic rings. The van der Waals surface area contributed by atoms with Crippen molar-refractivity contribution in [3.63, 3.8) is 0 Å². The van der Waals surface area contributed by atoms with Gasteiger partial charge in [-0.2, -0.15) is 0 Å². The fraction of sp³-hybridized carbons (Fsp3) is 0.500. The summed E-state index contributed by atoms with van der Waals surface area (Å²) in [6.07, 6.45) is 3.94. The smallest absolute Gasteiger partial charge is 0.257 e. The summed E-state index contributed by atoms with van der Waals surface area (Å²) in [5.41, 5.74) is 2.75. The molecule has 0 saturated carbocycles. The lowest BCUT2D eigenvalue weighted by molar-refractivity contribution is -0.0247. The van der Waals surface area contributed by atoms with Crippen LogP contribution in [0.25, 0.3) is 0 Å². The Bertz CT molecular complexity index is 815. The number of nitrogens with one attached hydrogen (secondary N) is 1. The molecule has 1 aliphatic heterocycles. The van der Waals surface area contributed by atoms with Crippen LogP contribution in [0, 0.1) is 6.92 Å². The van der Waals surface area contributed by atoms with E-state index >= 15 is 0 Å². The molecule has 3 heterocycles. The van der Waals surface area contributed by atoms with Gasteiger partial charge in [-0.1, -0.05) is 6.07 Å². The number of carbonyl (C=O) groups is 1. The first-order valence-corrected chi connectivity index (χ1v) is 9.34. The summed E-state index contributed by atoms with van der Waals surface area (Å²) in [5.74, 6) is 2.62. The van der Waals surface area contributed by atoms with Crippen LogP contribution in [0.15, 0.2) is 22.6 Å². The first-order valence-electron chi connectivity index (χ1n) is 9.34. The minimum absolute atomic E-state index is 0.0625. The van der Waals surface area contributed by atoms with Gasteiger partial charge in [-0.15, -0.1) is 0 Å². The maximum atomic E-state index is 13.2. The predicted molar refractivity (Wildman–Crippen MR) is 98.5 cm³/mol. The van der Waals surface area contributed by atoms with E-state index in [0.717, 1.165) is 59.8 Å². The molecule has 138 valence electrons. The maximum Gasteiger partial charge on any atom is 0.257 e. The molecular weight excluding hydrogens is 330 g/mol. The van der Waals surface area contributed by atoms with Crippen LogP contribution in [0.1, 0.15) is 52.1 Å². The Kier molecular flexibility index (Phi) is 4.68. The van der Waals surface area contributed by atoms with Crippen LogP contribution in [0.5, 0.6) is 0 Å². The second-order valence-corrected chi connectivity index (χ2v) is 6.95. The Morgan fingerprint density at radius 3 is 3.00 bits per heavy atom. The van der Waals surface area contributed by atoms with Gasteiger partial charge < -0.3 is 19.4 Å². The van der Waals surface area contributed by atoms with E-state index in [1.807, 2.05) is 37.1 Å². The first-order chi connectivity index (χ1) is 12.7. The third kappa shape index (κ3) is 3.09. The molecule has 0 radical (unpaired) electrons. The van der Waals surface area contributed by atoms with Crippen LogP contribution in [0.2, 0.25) is 0 Å². The SMILES string of the molecule is CNc1cccc([C@H]2CN(C(=O)c3c(C)oc4c3CCCC4)CCO2)n1. The average Bonchev–Trinajstić information content (AvgIpc) is 3.03. The van der Waals surface area contributed by atoms with Crippen molar-refractivity contribution in [1.29, 1.82) is 0 Å². The average molecular weight is 355 g/mol. The van der Waals surface area contributed by atoms with Crippen LogP contribution >= 0.6 is 0 Å². The van der Waals surface area contributed by atoms with Crippen LogP contribution in [-0.2, 0) is 17.6 Å². The van der Waals surface area contributed by atoms with E-state index in [2.05, 4.69) is 10.3 Å². The van der Waals surface area contributed by atoms with Crippen molar-refractivity contribution in [2.75, 3.05) is 32.1 Å². The number of aryl methyl sites for hydroxylation is 2. The Labute approximate surface area is 153 Å². The van der Waals surface area contributed by atoms with Crippen molar-refractivity contribution in [2.24, 2.45) is 0 Å². The third-order valence-corrected chi connectivity index (χ3v) is 5.27. The molecule has 0 aromatic carbocycles. The lowest BCUT2D eigenvalue weighted by Gasteiger charge is -2.33. The number of amides is 1. The minimum atomic E-state index is -0.205. The topological polar surface area (TPSA) is 67.6 Å². The lowest BCUT2D eigenvalue weighted by atomic mass is 9.94. The van der Waals surface area contributed by atoms with Gasteiger partial charge in [-0.25, -0.2) is 4.98 Å². The number of pyridine rings is 1. The Hall–Kier alpha value is -2.34. The highest BCUT2D eigenvalue weighted by atomic mass is 16.5. The number of hydrogen-bond donors (Lipinski definition) is 1. The minimum Gasteiger partial charge on any atom is -0.465 e. The van der Waals surface area contributed by atoms with Gasteiger partial charge >= 0.3 is 0 Å². The Morgan fingerprint density at radius 1 is 1.31 bits per heavy atom. The normalized spacial score (nSPS) is 19.9. The fourth-order valence-corrected chi connectivity index (χ4v) is 3.92. The number of morpholine rings is 1. The number of rotatable bonds is 3. The van der Waals surface area contributed by atoms with Crippen LogP contribution in [0.4, 0.5) is 5.82 Å². The van der Waals surface area contributed by atoms with Gasteiger partial charge in [0.05, 0.1) is 24.4 Å². The summed E-state index contributed by atoms with van der Waals surface area (Å²) in [5, 5.41) is 3.04. The number of anilines is 1. The van der Waals surface area contributed by atoms with E-state index in [9.17, 15) is 4.79 Å². The monoisotopic (exact) mass is 355 g/mol. The molecule has 6 nitrogen and oxygen atoms in total. The van der Waals surface area contributed by atoms with Gasteiger partial charge in [0.15, 0.2) is 0 Å². The van der Waals surface area contributed by atoms with Crippen molar-refractivity contribution in [2.45, 2.75) is 38.7 Å². The molecule has 1 N–H and O–H groups in total. The zero-order valence-electron chi connectivity index (χ0n) is 15.4. The second kappa shape index (κ2) is 7.11. The molecular formula is C20H25N3O3. The van der Waals surface area contributed by atoms with Gasteiger partial charge in [-0.05, 0) is 38.3 Å². The molecule has 1 amide bonds. The van der Waals surface area contributed by atoms with Crippen LogP contribution in [0.3, 0.4) is 0 Å². The van der Waals surface area contributed by atoms with Crippen molar-refractivity contribution in [3.8, 4) is 0 Å². The van der Waals surface area contributed by atoms with Gasteiger partial charge in [0.25, 0.3) is 5.91 Å². The molecule has 0 bridgehead atoms. The number of carbonyl (C=O) groups excluding carboxylic acids is 1. The summed E-state index contributed by atoms with van der Waals surface area (Å²) >= 11 is 0. The van der Waals surface area contributed by atoms with E-state index in [4.69, 9.17) is 9.15 Å². The summed E-state index contributed by atoms with van der Waals surface area (Å²) in [4.78, 5) is 19.7. The molecule has 1 saturated heterocycles. The number of ether oxygens (including phenoxy) is 1. The zero-order valence-corrected chi connectivity index (χ0v) is 15.4. The van der Waals surface area contributed by atoms with Gasteiger partial charge in [0.2, 0.25) is 0 Å². The molecule has 0 spiro atoms. The molecule has 0 unspecified atom stereocenters. The highest BCUT2D eigenvalue weighted by molar-refractivity contribution is 5.97. The molecule has 1 fully saturated rings. The summed E-state index contributed by atoms with van der Waals surface area (Å²) in [6, 6.07) is 5.82. The highest BCUT2D eigenvalue weighted by Gasteiger charge is 2.32. The lowest BCUT2D eigenvalue weighted by Crippen LogP contribution is -2.42. The summed E-state index contributed by atoms with van der Waals surface area (Å²) in [6.45, 7) is 3.53. The maximum absolute atomic E-state index is 13.2.